The Balaban J connectivity index is 2.44. The van der Waals surface area contributed by atoms with Gasteiger partial charge in [0.05, 0.1) is 19.4 Å². The molecular formula is C13H9ClFN3O. The smallest absolute Gasteiger partial charge is 0.222 e. The normalized spacial score (nSPS) is 11.7. The highest BCUT2D eigenvalue weighted by atomic mass is 35.5. The van der Waals surface area contributed by atoms with Crippen LogP contribution in [0, 0.1) is 17.1 Å². The summed E-state index contributed by atoms with van der Waals surface area (Å²) >= 11 is 5.63. The fourth-order valence-corrected chi connectivity index (χ4v) is 1.79. The molecular weight excluding hydrogens is 269 g/mol. The van der Waals surface area contributed by atoms with Crippen molar-refractivity contribution in [1.82, 2.24) is 9.97 Å². The van der Waals surface area contributed by atoms with Crippen LogP contribution in [0.5, 0.6) is 5.75 Å². The van der Waals surface area contributed by atoms with E-state index in [9.17, 15) is 9.65 Å². The van der Waals surface area contributed by atoms with E-state index in [1.807, 2.05) is 6.07 Å². The summed E-state index contributed by atoms with van der Waals surface area (Å²) in [6.45, 7) is 0. The summed E-state index contributed by atoms with van der Waals surface area (Å²) in [4.78, 5) is 7.32. The lowest BCUT2D eigenvalue weighted by Crippen LogP contribution is -2.05. The molecule has 0 amide bonds. The van der Waals surface area contributed by atoms with Crippen molar-refractivity contribution in [2.24, 2.45) is 0 Å². The van der Waals surface area contributed by atoms with Gasteiger partial charge in [-0.15, -0.1) is 0 Å². The van der Waals surface area contributed by atoms with Gasteiger partial charge in [0.15, 0.2) is 5.82 Å². The quantitative estimate of drug-likeness (QED) is 0.810. The fraction of sp³-hybridized carbons (Fsp3) is 0.154. The van der Waals surface area contributed by atoms with Crippen molar-refractivity contribution in [3.8, 4) is 11.8 Å². The zero-order chi connectivity index (χ0) is 13.8. The maximum Gasteiger partial charge on any atom is 0.222 e. The summed E-state index contributed by atoms with van der Waals surface area (Å²) < 4.78 is 18.7. The summed E-state index contributed by atoms with van der Waals surface area (Å²) in [7, 11) is 1.54. The van der Waals surface area contributed by atoms with Crippen LogP contribution in [0.2, 0.25) is 5.28 Å². The second-order valence-corrected chi connectivity index (χ2v) is 4.05. The van der Waals surface area contributed by atoms with E-state index < -0.39 is 11.7 Å². The molecule has 1 atom stereocenters. The number of benzene rings is 1. The molecule has 0 aliphatic heterocycles. The number of hydrogen-bond acceptors (Lipinski definition) is 4. The van der Waals surface area contributed by atoms with E-state index in [4.69, 9.17) is 16.3 Å². The number of ether oxygens (including phenoxy) is 1. The van der Waals surface area contributed by atoms with E-state index in [-0.39, 0.29) is 11.0 Å². The first kappa shape index (κ1) is 13.2. The van der Waals surface area contributed by atoms with Crippen LogP contribution in [0.3, 0.4) is 0 Å². The minimum Gasteiger partial charge on any atom is -0.497 e. The molecule has 6 heteroatoms. The third kappa shape index (κ3) is 2.80. The standard InChI is InChI=1S/C13H9ClFN3O/c1-19-9-4-2-8(3-5-9)10(6-16)12-11(15)7-17-13(14)18-12/h2-5,7,10H,1H3. The number of hydrogen-bond donors (Lipinski definition) is 0. The number of methoxy groups -OCH3 is 1. The summed E-state index contributed by atoms with van der Waals surface area (Å²) in [5.41, 5.74) is 0.574. The Hall–Kier alpha value is -2.19. The molecule has 0 saturated heterocycles. The molecule has 0 aliphatic rings. The molecule has 1 aromatic carbocycles. The second-order valence-electron chi connectivity index (χ2n) is 3.71. The lowest BCUT2D eigenvalue weighted by atomic mass is 9.96. The largest absolute Gasteiger partial charge is 0.497 e. The van der Waals surface area contributed by atoms with E-state index in [2.05, 4.69) is 9.97 Å². The monoisotopic (exact) mass is 277 g/mol. The molecule has 0 fully saturated rings. The van der Waals surface area contributed by atoms with Gasteiger partial charge in [0.1, 0.15) is 17.4 Å². The molecule has 0 aliphatic carbocycles. The van der Waals surface area contributed by atoms with E-state index >= 15 is 0 Å². The molecule has 96 valence electrons. The molecule has 2 rings (SSSR count). The maximum absolute atomic E-state index is 13.7. The van der Waals surface area contributed by atoms with Crippen molar-refractivity contribution in [3.63, 3.8) is 0 Å². The van der Waals surface area contributed by atoms with Crippen molar-refractivity contribution in [1.29, 1.82) is 5.26 Å². The Morgan fingerprint density at radius 2 is 2.05 bits per heavy atom. The van der Waals surface area contributed by atoms with Crippen LogP contribution in [0.4, 0.5) is 4.39 Å². The highest BCUT2D eigenvalue weighted by Crippen LogP contribution is 2.26. The summed E-state index contributed by atoms with van der Waals surface area (Å²) in [5, 5.41) is 9.13. The molecule has 0 radical (unpaired) electrons. The van der Waals surface area contributed by atoms with Crippen molar-refractivity contribution < 1.29 is 9.13 Å². The molecule has 0 saturated carbocycles. The van der Waals surface area contributed by atoms with Gasteiger partial charge in [0, 0.05) is 0 Å². The minimum atomic E-state index is -0.841. The molecule has 0 spiro atoms. The topological polar surface area (TPSA) is 58.8 Å². The van der Waals surface area contributed by atoms with Gasteiger partial charge in [-0.3, -0.25) is 0 Å². The number of rotatable bonds is 3. The predicted molar refractivity (Wildman–Crippen MR) is 67.5 cm³/mol. The van der Waals surface area contributed by atoms with Crippen LogP contribution < -0.4 is 4.74 Å². The van der Waals surface area contributed by atoms with Crippen molar-refractivity contribution in [2.75, 3.05) is 7.11 Å². The second kappa shape index (κ2) is 5.63. The van der Waals surface area contributed by atoms with E-state index in [1.54, 1.807) is 31.4 Å². The number of aromatic nitrogens is 2. The minimum absolute atomic E-state index is 0.0346. The van der Waals surface area contributed by atoms with Gasteiger partial charge >= 0.3 is 0 Å². The maximum atomic E-state index is 13.7. The van der Waals surface area contributed by atoms with Crippen molar-refractivity contribution in [3.05, 3.63) is 52.8 Å². The lowest BCUT2D eigenvalue weighted by Gasteiger charge is -2.10. The average Bonchev–Trinajstić information content (AvgIpc) is 2.44. The summed E-state index contributed by atoms with van der Waals surface area (Å²) in [6.07, 6.45) is 0.957. The third-order valence-corrected chi connectivity index (χ3v) is 2.78. The van der Waals surface area contributed by atoms with Crippen LogP contribution in [-0.4, -0.2) is 17.1 Å². The van der Waals surface area contributed by atoms with Gasteiger partial charge in [-0.1, -0.05) is 12.1 Å². The molecule has 4 nitrogen and oxygen atoms in total. The van der Waals surface area contributed by atoms with Crippen LogP contribution in [-0.2, 0) is 0 Å². The fourth-order valence-electron chi connectivity index (χ4n) is 1.65. The van der Waals surface area contributed by atoms with Crippen molar-refractivity contribution in [2.45, 2.75) is 5.92 Å². The zero-order valence-corrected chi connectivity index (χ0v) is 10.7. The lowest BCUT2D eigenvalue weighted by molar-refractivity contribution is 0.414. The first-order valence-corrected chi connectivity index (χ1v) is 5.75. The van der Waals surface area contributed by atoms with Crippen LogP contribution in [0.1, 0.15) is 17.2 Å². The Morgan fingerprint density at radius 3 is 2.63 bits per heavy atom. The molecule has 2 aromatic rings. The Bertz CT molecular complexity index is 625. The molecule has 0 bridgehead atoms. The van der Waals surface area contributed by atoms with E-state index in [0.29, 0.717) is 11.3 Å². The van der Waals surface area contributed by atoms with Gasteiger partial charge in [-0.05, 0) is 29.3 Å². The molecule has 1 unspecified atom stereocenters. The van der Waals surface area contributed by atoms with Gasteiger partial charge in [0.2, 0.25) is 5.28 Å². The van der Waals surface area contributed by atoms with Crippen LogP contribution in [0.15, 0.2) is 30.5 Å². The third-order valence-electron chi connectivity index (χ3n) is 2.59. The first-order valence-electron chi connectivity index (χ1n) is 5.37. The molecule has 1 heterocycles. The van der Waals surface area contributed by atoms with Crippen LogP contribution in [0.25, 0.3) is 0 Å². The zero-order valence-electron chi connectivity index (χ0n) is 9.97. The van der Waals surface area contributed by atoms with Gasteiger partial charge < -0.3 is 4.74 Å². The Labute approximate surface area is 114 Å². The van der Waals surface area contributed by atoms with Gasteiger partial charge in [0.25, 0.3) is 0 Å². The molecule has 19 heavy (non-hydrogen) atoms. The predicted octanol–water partition coefficient (Wildman–Crippen LogP) is 2.93. The first-order chi connectivity index (χ1) is 9.15. The number of halogens is 2. The van der Waals surface area contributed by atoms with E-state index in [1.165, 1.54) is 0 Å². The number of nitrogens with zero attached hydrogens (tertiary/aromatic N) is 3. The summed E-state index contributed by atoms with van der Waals surface area (Å²) in [5.74, 6) is -0.847. The highest BCUT2D eigenvalue weighted by Gasteiger charge is 2.20. The van der Waals surface area contributed by atoms with Gasteiger partial charge in [-0.2, -0.15) is 5.26 Å². The molecule has 0 N–H and O–H groups in total. The van der Waals surface area contributed by atoms with E-state index in [0.717, 1.165) is 6.20 Å². The average molecular weight is 278 g/mol. The van der Waals surface area contributed by atoms with Crippen molar-refractivity contribution >= 4 is 11.6 Å². The highest BCUT2D eigenvalue weighted by molar-refractivity contribution is 6.28. The molecule has 1 aromatic heterocycles. The SMILES string of the molecule is COc1ccc(C(C#N)c2nc(Cl)ncc2F)cc1. The Morgan fingerprint density at radius 1 is 1.37 bits per heavy atom. The summed E-state index contributed by atoms with van der Waals surface area (Å²) in [6, 6.07) is 8.77. The number of nitriles is 1. The Kier molecular flexibility index (Phi) is 3.93. The van der Waals surface area contributed by atoms with Crippen LogP contribution >= 0.6 is 11.6 Å². The van der Waals surface area contributed by atoms with Gasteiger partial charge in [-0.25, -0.2) is 14.4 Å².